The average Bonchev–Trinajstić information content (AvgIpc) is 2.63. The van der Waals surface area contributed by atoms with Crippen LogP contribution >= 0.6 is 0 Å². The second-order valence-electron chi connectivity index (χ2n) is 3.41. The van der Waals surface area contributed by atoms with Crippen LogP contribution < -0.4 is 5.32 Å². The van der Waals surface area contributed by atoms with Crippen molar-refractivity contribution in [1.82, 2.24) is 5.32 Å². The molecule has 0 fully saturated rings. The number of unbranched alkanes of at least 4 members (excludes halogenated alkanes) is 2. The van der Waals surface area contributed by atoms with E-state index in [9.17, 15) is 0 Å². The summed E-state index contributed by atoms with van der Waals surface area (Å²) in [4.78, 5) is 4.34. The Kier molecular flexibility index (Phi) is 5.30. The fourth-order valence-corrected chi connectivity index (χ4v) is 1.39. The molecule has 13 heavy (non-hydrogen) atoms. The van der Waals surface area contributed by atoms with Gasteiger partial charge < -0.3 is 5.32 Å². The summed E-state index contributed by atoms with van der Waals surface area (Å²) in [6.45, 7) is 4.23. The zero-order valence-electron chi connectivity index (χ0n) is 8.55. The summed E-state index contributed by atoms with van der Waals surface area (Å²) in [7, 11) is 0. The first-order valence-corrected chi connectivity index (χ1v) is 5.35. The highest BCUT2D eigenvalue weighted by molar-refractivity contribution is 5.83. The first-order valence-electron chi connectivity index (χ1n) is 5.35. The molecule has 0 atom stereocenters. The molecule has 0 bridgehead atoms. The molecule has 1 aliphatic heterocycles. The van der Waals surface area contributed by atoms with Crippen LogP contribution in [0, 0.1) is 0 Å². The monoisotopic (exact) mass is 180 g/mol. The molecule has 1 heterocycles. The minimum atomic E-state index is 0.967. The average molecular weight is 180 g/mol. The van der Waals surface area contributed by atoms with Crippen LogP contribution in [0.5, 0.6) is 0 Å². The summed E-state index contributed by atoms with van der Waals surface area (Å²) in [5, 5.41) is 3.27. The van der Waals surface area contributed by atoms with E-state index in [4.69, 9.17) is 0 Å². The Bertz CT molecular complexity index is 183. The fourth-order valence-electron chi connectivity index (χ4n) is 1.39. The molecule has 2 heteroatoms. The van der Waals surface area contributed by atoms with Gasteiger partial charge in [-0.05, 0) is 12.8 Å². The van der Waals surface area contributed by atoms with Crippen molar-refractivity contribution in [2.24, 2.45) is 4.99 Å². The molecule has 2 nitrogen and oxygen atoms in total. The molecule has 0 aromatic carbocycles. The Labute approximate surface area is 81.1 Å². The van der Waals surface area contributed by atoms with Crippen LogP contribution in [0.15, 0.2) is 17.1 Å². The Hall–Kier alpha value is -0.790. The second-order valence-corrected chi connectivity index (χ2v) is 3.41. The number of nitrogens with one attached hydrogen (secondary N) is 1. The molecule has 1 aliphatic rings. The van der Waals surface area contributed by atoms with Crippen LogP contribution in [0.4, 0.5) is 0 Å². The van der Waals surface area contributed by atoms with Crippen molar-refractivity contribution in [1.29, 1.82) is 0 Å². The molecular formula is C11H20N2. The van der Waals surface area contributed by atoms with Crippen LogP contribution in [-0.2, 0) is 0 Å². The normalized spacial score (nSPS) is 16.2. The van der Waals surface area contributed by atoms with Gasteiger partial charge in [-0.1, -0.05) is 31.9 Å². The van der Waals surface area contributed by atoms with Gasteiger partial charge in [0, 0.05) is 13.0 Å². The van der Waals surface area contributed by atoms with Gasteiger partial charge in [0.2, 0.25) is 0 Å². The Morgan fingerprint density at radius 3 is 2.92 bits per heavy atom. The highest BCUT2D eigenvalue weighted by atomic mass is 15.1. The third kappa shape index (κ3) is 4.71. The second kappa shape index (κ2) is 6.70. The van der Waals surface area contributed by atoms with Gasteiger partial charge in [-0.15, -0.1) is 0 Å². The molecule has 0 aliphatic carbocycles. The molecule has 0 amide bonds. The van der Waals surface area contributed by atoms with Gasteiger partial charge in [-0.3, -0.25) is 4.99 Å². The standard InChI is InChI=1S/C11H20N2/c1-2-3-4-5-6-7-8-11-12-9-10-13-11/h5-6H,2-4,7-10H2,1H3,(H,12,13)/b6-5+. The van der Waals surface area contributed by atoms with Gasteiger partial charge in [0.25, 0.3) is 0 Å². The van der Waals surface area contributed by atoms with Gasteiger partial charge >= 0.3 is 0 Å². The molecule has 1 N–H and O–H groups in total. The van der Waals surface area contributed by atoms with Crippen LogP contribution in [-0.4, -0.2) is 18.9 Å². The lowest BCUT2D eigenvalue weighted by Gasteiger charge is -1.97. The highest BCUT2D eigenvalue weighted by Crippen LogP contribution is 2.00. The summed E-state index contributed by atoms with van der Waals surface area (Å²) >= 11 is 0. The fraction of sp³-hybridized carbons (Fsp3) is 0.727. The van der Waals surface area contributed by atoms with Crippen LogP contribution in [0.25, 0.3) is 0 Å². The molecule has 0 aromatic heterocycles. The van der Waals surface area contributed by atoms with Crippen molar-refractivity contribution >= 4 is 5.84 Å². The molecule has 0 unspecified atom stereocenters. The van der Waals surface area contributed by atoms with E-state index in [1.54, 1.807) is 0 Å². The first kappa shape index (κ1) is 10.3. The summed E-state index contributed by atoms with van der Waals surface area (Å²) in [5.41, 5.74) is 0. The topological polar surface area (TPSA) is 24.4 Å². The van der Waals surface area contributed by atoms with E-state index in [1.807, 2.05) is 0 Å². The van der Waals surface area contributed by atoms with Crippen molar-refractivity contribution in [3.8, 4) is 0 Å². The molecule has 0 saturated heterocycles. The number of aliphatic imine (C=N–C) groups is 1. The zero-order valence-corrected chi connectivity index (χ0v) is 8.55. The third-order valence-electron chi connectivity index (χ3n) is 2.18. The third-order valence-corrected chi connectivity index (χ3v) is 2.18. The minimum Gasteiger partial charge on any atom is -0.372 e. The van der Waals surface area contributed by atoms with E-state index in [0.29, 0.717) is 0 Å². The summed E-state index contributed by atoms with van der Waals surface area (Å²) in [6, 6.07) is 0. The van der Waals surface area contributed by atoms with Crippen LogP contribution in [0.2, 0.25) is 0 Å². The van der Waals surface area contributed by atoms with Crippen LogP contribution in [0.1, 0.15) is 39.0 Å². The predicted octanol–water partition coefficient (Wildman–Crippen LogP) is 2.51. The Morgan fingerprint density at radius 1 is 1.38 bits per heavy atom. The lowest BCUT2D eigenvalue weighted by atomic mass is 10.2. The maximum atomic E-state index is 4.34. The number of nitrogens with zero attached hydrogens (tertiary/aromatic N) is 1. The highest BCUT2D eigenvalue weighted by Gasteiger charge is 2.01. The molecule has 0 saturated carbocycles. The van der Waals surface area contributed by atoms with Gasteiger partial charge in [0.15, 0.2) is 0 Å². The molecule has 1 rings (SSSR count). The number of hydrogen-bond acceptors (Lipinski definition) is 2. The minimum absolute atomic E-state index is 0.967. The zero-order chi connectivity index (χ0) is 9.36. The molecule has 0 aromatic rings. The van der Waals surface area contributed by atoms with Crippen molar-refractivity contribution in [3.63, 3.8) is 0 Å². The SMILES string of the molecule is CCCC/C=C/CCC1=NCCN1. The molecule has 74 valence electrons. The largest absolute Gasteiger partial charge is 0.372 e. The lowest BCUT2D eigenvalue weighted by Crippen LogP contribution is -2.17. The summed E-state index contributed by atoms with van der Waals surface area (Å²) < 4.78 is 0. The Morgan fingerprint density at radius 2 is 2.23 bits per heavy atom. The van der Waals surface area contributed by atoms with Gasteiger partial charge in [-0.2, -0.15) is 0 Å². The van der Waals surface area contributed by atoms with E-state index in [-0.39, 0.29) is 0 Å². The van der Waals surface area contributed by atoms with E-state index < -0.39 is 0 Å². The van der Waals surface area contributed by atoms with E-state index in [2.05, 4.69) is 29.4 Å². The van der Waals surface area contributed by atoms with Crippen molar-refractivity contribution in [2.75, 3.05) is 13.1 Å². The lowest BCUT2D eigenvalue weighted by molar-refractivity contribution is 0.811. The maximum absolute atomic E-state index is 4.34. The van der Waals surface area contributed by atoms with E-state index in [1.165, 1.54) is 25.1 Å². The smallest absolute Gasteiger partial charge is 0.0967 e. The number of allylic oxidation sites excluding steroid dienone is 2. The summed E-state index contributed by atoms with van der Waals surface area (Å²) in [5.74, 6) is 1.19. The van der Waals surface area contributed by atoms with Gasteiger partial charge in [-0.25, -0.2) is 0 Å². The van der Waals surface area contributed by atoms with E-state index >= 15 is 0 Å². The predicted molar refractivity (Wildman–Crippen MR) is 58.2 cm³/mol. The van der Waals surface area contributed by atoms with Crippen LogP contribution in [0.3, 0.4) is 0 Å². The Balaban J connectivity index is 1.96. The molecule has 0 radical (unpaired) electrons. The van der Waals surface area contributed by atoms with Gasteiger partial charge in [0.05, 0.1) is 12.4 Å². The maximum Gasteiger partial charge on any atom is 0.0967 e. The number of hydrogen-bond donors (Lipinski definition) is 1. The van der Waals surface area contributed by atoms with Crippen molar-refractivity contribution in [3.05, 3.63) is 12.2 Å². The van der Waals surface area contributed by atoms with E-state index in [0.717, 1.165) is 25.9 Å². The number of amidine groups is 1. The molecular weight excluding hydrogens is 160 g/mol. The van der Waals surface area contributed by atoms with Gasteiger partial charge in [0.1, 0.15) is 0 Å². The van der Waals surface area contributed by atoms with Crippen molar-refractivity contribution in [2.45, 2.75) is 39.0 Å². The quantitative estimate of drug-likeness (QED) is 0.493. The summed E-state index contributed by atoms with van der Waals surface area (Å²) in [6.07, 6.45) is 10.6. The van der Waals surface area contributed by atoms with Crippen molar-refractivity contribution < 1.29 is 0 Å². The molecule has 0 spiro atoms. The first-order chi connectivity index (χ1) is 6.43. The number of rotatable bonds is 6.